The molecule has 1 rings (SSSR count). The smallest absolute Gasteiger partial charge is 0.281 e. The van der Waals surface area contributed by atoms with Gasteiger partial charge in [0, 0.05) is 103 Å². The van der Waals surface area contributed by atoms with Crippen LogP contribution in [0.3, 0.4) is 0 Å². The fourth-order valence-electron chi connectivity index (χ4n) is 0.967. The minimum Gasteiger partial charge on any atom is -0.281 e. The van der Waals surface area contributed by atoms with E-state index in [-0.39, 0.29) is 108 Å². The minimum atomic E-state index is -5.00. The van der Waals surface area contributed by atoms with Gasteiger partial charge in [-0.1, -0.05) is 30.3 Å². The molecule has 2 N–H and O–H groups in total. The summed E-state index contributed by atoms with van der Waals surface area (Å²) in [4.78, 5) is 0. The first-order valence-corrected chi connectivity index (χ1v) is 6.81. The Morgan fingerprint density at radius 1 is 0.889 bits per heavy atom. The maximum Gasteiger partial charge on any atom is 0.308 e. The van der Waals surface area contributed by atoms with Crippen LogP contribution in [-0.2, 0) is 20.2 Å². The Hall–Kier alpha value is 2.05. The van der Waals surface area contributed by atoms with Gasteiger partial charge in [0.05, 0.1) is 0 Å². The van der Waals surface area contributed by atoms with Gasteiger partial charge >= 0.3 is 20.2 Å². The molecular formula is C8H8K2O6S2. The van der Waals surface area contributed by atoms with Crippen LogP contribution in [0.5, 0.6) is 0 Å². The van der Waals surface area contributed by atoms with Crippen molar-refractivity contribution < 1.29 is 25.9 Å². The maximum atomic E-state index is 10.7. The molecule has 0 fully saturated rings. The molecule has 10 heteroatoms. The zero-order valence-electron chi connectivity index (χ0n) is 9.81. The van der Waals surface area contributed by atoms with Crippen molar-refractivity contribution in [1.29, 1.82) is 0 Å². The van der Waals surface area contributed by atoms with Crippen LogP contribution in [0.2, 0.25) is 0 Å². The van der Waals surface area contributed by atoms with E-state index in [2.05, 4.69) is 0 Å². The van der Waals surface area contributed by atoms with E-state index < -0.39 is 24.5 Å². The fourth-order valence-corrected chi connectivity index (χ4v) is 2.60. The van der Waals surface area contributed by atoms with Crippen molar-refractivity contribution in [2.45, 2.75) is 0 Å². The van der Waals surface area contributed by atoms with Gasteiger partial charge in [0.15, 0.2) is 0 Å². The van der Waals surface area contributed by atoms with E-state index in [1.807, 2.05) is 0 Å². The molecule has 0 heterocycles. The van der Waals surface area contributed by atoms with Gasteiger partial charge in [0.25, 0.3) is 0 Å². The molecule has 0 atom stereocenters. The molecule has 0 amide bonds. The van der Waals surface area contributed by atoms with E-state index in [1.54, 1.807) is 6.07 Å². The van der Waals surface area contributed by atoms with E-state index >= 15 is 0 Å². The summed E-state index contributed by atoms with van der Waals surface area (Å²) in [5.41, 5.74) is 0.216. The molecule has 90 valence electrons. The van der Waals surface area contributed by atoms with Gasteiger partial charge in [-0.25, -0.2) is 0 Å². The Balaban J connectivity index is 0. The van der Waals surface area contributed by atoms with Gasteiger partial charge in [-0.05, 0) is 11.6 Å². The number of hydrogen-bond acceptors (Lipinski definition) is 4. The number of rotatable bonds is 3. The third-order valence-electron chi connectivity index (χ3n) is 1.59. The van der Waals surface area contributed by atoms with Crippen molar-refractivity contribution in [1.82, 2.24) is 0 Å². The maximum absolute atomic E-state index is 10.7. The zero-order valence-corrected chi connectivity index (χ0v) is 17.7. The molecule has 0 saturated heterocycles. The Labute approximate surface area is 191 Å². The quantitative estimate of drug-likeness (QED) is 0.591. The molecule has 0 aromatic heterocycles. The molecule has 1 aromatic carbocycles. The monoisotopic (exact) mass is 342 g/mol. The topological polar surface area (TPSA) is 109 Å². The van der Waals surface area contributed by atoms with Crippen molar-refractivity contribution in [3.63, 3.8) is 0 Å². The van der Waals surface area contributed by atoms with Crippen LogP contribution in [0.15, 0.2) is 34.6 Å². The summed E-state index contributed by atoms with van der Waals surface area (Å²) in [6.45, 7) is 0. The summed E-state index contributed by atoms with van der Waals surface area (Å²) < 4.78 is 58.7. The van der Waals surface area contributed by atoms with Crippen LogP contribution in [0, 0.1) is 0 Å². The standard InChI is InChI=1S/C8H8O6S2.2K/c9-15(10,11)8(16(12,13)14)6-7-4-2-1-3-5-7;;/h1-6H,(H,9,10,11)(H,12,13,14);;. The van der Waals surface area contributed by atoms with Gasteiger partial charge in [-0.15, -0.1) is 0 Å². The first-order valence-electron chi connectivity index (χ1n) is 3.93. The summed E-state index contributed by atoms with van der Waals surface area (Å²) in [6, 6.07) is 7.54. The third-order valence-corrected chi connectivity index (χ3v) is 4.11. The van der Waals surface area contributed by atoms with Crippen molar-refractivity contribution in [2.24, 2.45) is 0 Å². The second-order valence-electron chi connectivity index (χ2n) is 2.82. The van der Waals surface area contributed by atoms with Gasteiger partial charge < -0.3 is 0 Å². The summed E-state index contributed by atoms with van der Waals surface area (Å²) >= 11 is 0. The van der Waals surface area contributed by atoms with Crippen molar-refractivity contribution in [3.8, 4) is 0 Å². The van der Waals surface area contributed by atoms with Crippen LogP contribution < -0.4 is 0 Å². The Morgan fingerprint density at radius 2 is 1.28 bits per heavy atom. The third kappa shape index (κ3) is 7.73. The molecule has 0 saturated carbocycles. The average Bonchev–Trinajstić information content (AvgIpc) is 2.12. The first-order chi connectivity index (χ1) is 7.21. The Morgan fingerprint density at radius 3 is 1.61 bits per heavy atom. The zero-order chi connectivity index (χ0) is 12.4. The van der Waals surface area contributed by atoms with E-state index in [0.717, 1.165) is 0 Å². The molecule has 0 bridgehead atoms. The molecular weight excluding hydrogens is 334 g/mol. The molecule has 6 nitrogen and oxygen atoms in total. The van der Waals surface area contributed by atoms with E-state index in [4.69, 9.17) is 9.11 Å². The van der Waals surface area contributed by atoms with Crippen molar-refractivity contribution in [2.75, 3.05) is 0 Å². The SMILES string of the molecule is O=S(=O)(O)C(=Cc1ccccc1)S(=O)(=O)O.[K].[K]. The van der Waals surface area contributed by atoms with E-state index in [0.29, 0.717) is 6.08 Å². The summed E-state index contributed by atoms with van der Waals surface area (Å²) in [7, 11) is -10.00. The second kappa shape index (κ2) is 9.15. The fraction of sp³-hybridized carbons (Fsp3) is 0. The van der Waals surface area contributed by atoms with Gasteiger partial charge in [0.2, 0.25) is 4.24 Å². The molecule has 18 heavy (non-hydrogen) atoms. The van der Waals surface area contributed by atoms with Crippen LogP contribution in [-0.4, -0.2) is 129 Å². The number of hydrogen-bond donors (Lipinski definition) is 2. The Bertz CT molecular complexity index is 572. The van der Waals surface area contributed by atoms with Crippen LogP contribution >= 0.6 is 0 Å². The predicted octanol–water partition coefficient (Wildman–Crippen LogP) is -0.001000. The van der Waals surface area contributed by atoms with E-state index in [1.165, 1.54) is 24.3 Å². The van der Waals surface area contributed by atoms with Crippen molar-refractivity contribution in [3.05, 3.63) is 40.1 Å². The minimum absolute atomic E-state index is 0. The molecule has 0 aliphatic rings. The van der Waals surface area contributed by atoms with Gasteiger partial charge in [-0.2, -0.15) is 16.8 Å². The molecule has 1 aromatic rings. The molecule has 0 aliphatic carbocycles. The van der Waals surface area contributed by atoms with Gasteiger partial charge in [-0.3, -0.25) is 9.11 Å². The summed E-state index contributed by atoms with van der Waals surface area (Å²) in [5.74, 6) is 0. The Kier molecular flexibility index (Phi) is 11.4. The summed E-state index contributed by atoms with van der Waals surface area (Å²) in [5, 5.41) is 0. The largest absolute Gasteiger partial charge is 0.308 e. The van der Waals surface area contributed by atoms with E-state index in [9.17, 15) is 16.8 Å². The number of benzene rings is 1. The molecule has 0 unspecified atom stereocenters. The van der Waals surface area contributed by atoms with Crippen LogP contribution in [0.1, 0.15) is 5.56 Å². The van der Waals surface area contributed by atoms with Crippen LogP contribution in [0.25, 0.3) is 6.08 Å². The normalized spacial score (nSPS) is 10.8. The predicted molar refractivity (Wildman–Crippen MR) is 69.0 cm³/mol. The summed E-state index contributed by atoms with van der Waals surface area (Å²) in [6.07, 6.45) is 0.657. The molecule has 0 spiro atoms. The van der Waals surface area contributed by atoms with Gasteiger partial charge in [0.1, 0.15) is 0 Å². The molecule has 0 aliphatic heterocycles. The molecule has 2 radical (unpaired) electrons. The average molecular weight is 342 g/mol. The van der Waals surface area contributed by atoms with Crippen LogP contribution in [0.4, 0.5) is 0 Å². The van der Waals surface area contributed by atoms with Crippen molar-refractivity contribution >= 4 is 129 Å². The second-order valence-corrected chi connectivity index (χ2v) is 5.86. The first kappa shape index (κ1) is 22.3.